The predicted octanol–water partition coefficient (Wildman–Crippen LogP) is 2.66. The van der Waals surface area contributed by atoms with Crippen molar-refractivity contribution in [3.8, 4) is 0 Å². The van der Waals surface area contributed by atoms with Crippen molar-refractivity contribution in [2.75, 3.05) is 36.5 Å². The first-order chi connectivity index (χ1) is 14.0. The van der Waals surface area contributed by atoms with Crippen molar-refractivity contribution in [2.45, 2.75) is 6.54 Å². The van der Waals surface area contributed by atoms with Crippen LogP contribution < -0.4 is 15.8 Å². The summed E-state index contributed by atoms with van der Waals surface area (Å²) < 4.78 is 19.7. The van der Waals surface area contributed by atoms with Gasteiger partial charge in [0.25, 0.3) is 5.56 Å². The van der Waals surface area contributed by atoms with Crippen molar-refractivity contribution in [3.05, 3.63) is 63.7 Å². The molecule has 1 aliphatic rings. The van der Waals surface area contributed by atoms with E-state index in [0.29, 0.717) is 37.5 Å². The summed E-state index contributed by atoms with van der Waals surface area (Å²) in [4.78, 5) is 27.4. The normalized spacial score (nSPS) is 14.2. The van der Waals surface area contributed by atoms with Gasteiger partial charge >= 0.3 is 0 Å². The summed E-state index contributed by atoms with van der Waals surface area (Å²) in [5, 5.41) is 8.34. The van der Waals surface area contributed by atoms with Crippen LogP contribution in [-0.2, 0) is 16.1 Å². The molecular formula is C20H18ClFN4O3. The SMILES string of the molecule is O=C(Cn1nc(N2CCOCC2)c2ccccc2c1=O)Nc1ccc(F)cc1Cl. The van der Waals surface area contributed by atoms with Crippen molar-refractivity contribution in [1.82, 2.24) is 9.78 Å². The number of hydrogen-bond donors (Lipinski definition) is 1. The number of hydrogen-bond acceptors (Lipinski definition) is 5. The Morgan fingerprint density at radius 2 is 1.90 bits per heavy atom. The van der Waals surface area contributed by atoms with Crippen LogP contribution >= 0.6 is 11.6 Å². The zero-order chi connectivity index (χ0) is 20.4. The van der Waals surface area contributed by atoms with E-state index in [1.54, 1.807) is 12.1 Å². The minimum atomic E-state index is -0.504. The molecule has 150 valence electrons. The van der Waals surface area contributed by atoms with Crippen molar-refractivity contribution < 1.29 is 13.9 Å². The van der Waals surface area contributed by atoms with Gasteiger partial charge in [-0.3, -0.25) is 9.59 Å². The molecule has 1 N–H and O–H groups in total. The number of ether oxygens (including phenoxy) is 1. The van der Waals surface area contributed by atoms with Crippen molar-refractivity contribution >= 4 is 39.8 Å². The predicted molar refractivity (Wildman–Crippen MR) is 109 cm³/mol. The number of carbonyl (C=O) groups is 1. The van der Waals surface area contributed by atoms with Crippen LogP contribution in [0.15, 0.2) is 47.3 Å². The number of aromatic nitrogens is 2. The minimum absolute atomic E-state index is 0.0752. The summed E-state index contributed by atoms with van der Waals surface area (Å²) in [6.07, 6.45) is 0. The maximum Gasteiger partial charge on any atom is 0.275 e. The number of anilines is 2. The van der Waals surface area contributed by atoms with Gasteiger partial charge < -0.3 is 15.0 Å². The highest BCUT2D eigenvalue weighted by molar-refractivity contribution is 6.33. The summed E-state index contributed by atoms with van der Waals surface area (Å²) in [6.45, 7) is 2.13. The molecular weight excluding hydrogens is 399 g/mol. The van der Waals surface area contributed by atoms with Gasteiger partial charge in [0.15, 0.2) is 5.82 Å². The lowest BCUT2D eigenvalue weighted by molar-refractivity contribution is -0.117. The first-order valence-corrected chi connectivity index (χ1v) is 9.48. The van der Waals surface area contributed by atoms with Gasteiger partial charge in [-0.2, -0.15) is 5.10 Å². The number of nitrogens with one attached hydrogen (secondary N) is 1. The Labute approximate surface area is 170 Å². The van der Waals surface area contributed by atoms with Crippen LogP contribution in [-0.4, -0.2) is 42.0 Å². The molecule has 0 bridgehead atoms. The smallest absolute Gasteiger partial charge is 0.275 e. The lowest BCUT2D eigenvalue weighted by atomic mass is 10.1. The van der Waals surface area contributed by atoms with E-state index in [1.807, 2.05) is 17.0 Å². The number of rotatable bonds is 4. The quantitative estimate of drug-likeness (QED) is 0.707. The Kier molecular flexibility index (Phi) is 5.46. The molecule has 1 fully saturated rings. The van der Waals surface area contributed by atoms with Crippen LogP contribution in [0.1, 0.15) is 0 Å². The number of morpholine rings is 1. The second-order valence-corrected chi connectivity index (χ2v) is 7.01. The maximum atomic E-state index is 13.2. The van der Waals surface area contributed by atoms with Crippen LogP contribution in [0.25, 0.3) is 10.8 Å². The second-order valence-electron chi connectivity index (χ2n) is 6.60. The van der Waals surface area contributed by atoms with E-state index < -0.39 is 11.7 Å². The average molecular weight is 417 g/mol. The van der Waals surface area contributed by atoms with Gasteiger partial charge in [0, 0.05) is 18.5 Å². The summed E-state index contributed by atoms with van der Waals surface area (Å²) in [5.74, 6) is -0.358. The molecule has 1 saturated heterocycles. The average Bonchev–Trinajstić information content (AvgIpc) is 2.73. The molecule has 0 radical (unpaired) electrons. The van der Waals surface area contributed by atoms with Gasteiger partial charge in [0.1, 0.15) is 12.4 Å². The molecule has 29 heavy (non-hydrogen) atoms. The maximum absolute atomic E-state index is 13.2. The van der Waals surface area contributed by atoms with Gasteiger partial charge in [0.2, 0.25) is 5.91 Å². The molecule has 1 aromatic heterocycles. The fraction of sp³-hybridized carbons (Fsp3) is 0.250. The van der Waals surface area contributed by atoms with E-state index in [1.165, 1.54) is 12.1 Å². The fourth-order valence-electron chi connectivity index (χ4n) is 3.25. The summed E-state index contributed by atoms with van der Waals surface area (Å²) in [7, 11) is 0. The standard InChI is InChI=1S/C20H18ClFN4O3/c21-16-11-13(22)5-6-17(16)23-18(27)12-26-20(28)15-4-2-1-3-14(15)19(24-26)25-7-9-29-10-8-25/h1-6,11H,7-10,12H2,(H,23,27). The number of carbonyl (C=O) groups excluding carboxylic acids is 1. The molecule has 0 atom stereocenters. The molecule has 0 spiro atoms. The molecule has 9 heteroatoms. The first kappa shape index (κ1) is 19.4. The van der Waals surface area contributed by atoms with E-state index in [9.17, 15) is 14.0 Å². The number of halogens is 2. The zero-order valence-electron chi connectivity index (χ0n) is 15.4. The van der Waals surface area contributed by atoms with Crippen LogP contribution in [0, 0.1) is 5.82 Å². The van der Waals surface area contributed by atoms with Gasteiger partial charge in [-0.1, -0.05) is 29.8 Å². The third-order valence-corrected chi connectivity index (χ3v) is 4.97. The van der Waals surface area contributed by atoms with Gasteiger partial charge in [0.05, 0.1) is 29.3 Å². The van der Waals surface area contributed by atoms with E-state index in [-0.39, 0.29) is 22.8 Å². The molecule has 2 heterocycles. The second kappa shape index (κ2) is 8.18. The Morgan fingerprint density at radius 3 is 2.62 bits per heavy atom. The van der Waals surface area contributed by atoms with E-state index in [2.05, 4.69) is 10.4 Å². The molecule has 0 aliphatic carbocycles. The lowest BCUT2D eigenvalue weighted by Gasteiger charge is -2.29. The Hall–Kier alpha value is -2.97. The van der Waals surface area contributed by atoms with Gasteiger partial charge in [-0.05, 0) is 24.3 Å². The fourth-order valence-corrected chi connectivity index (χ4v) is 3.46. The molecule has 0 saturated carbocycles. The van der Waals surface area contributed by atoms with E-state index >= 15 is 0 Å². The summed E-state index contributed by atoms with van der Waals surface area (Å²) in [5.41, 5.74) is -0.0988. The van der Waals surface area contributed by atoms with Gasteiger partial charge in [-0.25, -0.2) is 9.07 Å². The third kappa shape index (κ3) is 4.08. The van der Waals surface area contributed by atoms with E-state index in [4.69, 9.17) is 16.3 Å². The Morgan fingerprint density at radius 1 is 1.17 bits per heavy atom. The van der Waals surface area contributed by atoms with E-state index in [0.717, 1.165) is 16.1 Å². The molecule has 3 aromatic rings. The van der Waals surface area contributed by atoms with Crippen LogP contribution in [0.3, 0.4) is 0 Å². The van der Waals surface area contributed by atoms with Crippen molar-refractivity contribution in [1.29, 1.82) is 0 Å². The Bertz CT molecular complexity index is 1130. The zero-order valence-corrected chi connectivity index (χ0v) is 16.2. The topological polar surface area (TPSA) is 76.5 Å². The first-order valence-electron chi connectivity index (χ1n) is 9.10. The molecule has 0 unspecified atom stereocenters. The molecule has 4 rings (SSSR count). The highest BCUT2D eigenvalue weighted by Gasteiger charge is 2.19. The van der Waals surface area contributed by atoms with Crippen molar-refractivity contribution in [3.63, 3.8) is 0 Å². The number of fused-ring (bicyclic) bond motifs is 1. The minimum Gasteiger partial charge on any atom is -0.378 e. The van der Waals surface area contributed by atoms with Crippen molar-refractivity contribution in [2.24, 2.45) is 0 Å². The summed E-state index contributed by atoms with van der Waals surface area (Å²) in [6, 6.07) is 10.8. The molecule has 2 aromatic carbocycles. The third-order valence-electron chi connectivity index (χ3n) is 4.66. The van der Waals surface area contributed by atoms with Crippen LogP contribution in [0.4, 0.5) is 15.9 Å². The largest absolute Gasteiger partial charge is 0.378 e. The number of nitrogens with zero attached hydrogens (tertiary/aromatic N) is 3. The monoisotopic (exact) mass is 416 g/mol. The molecule has 1 amide bonds. The van der Waals surface area contributed by atoms with Crippen LogP contribution in [0.2, 0.25) is 5.02 Å². The number of amides is 1. The summed E-state index contributed by atoms with van der Waals surface area (Å²) >= 11 is 5.96. The molecule has 1 aliphatic heterocycles. The highest BCUT2D eigenvalue weighted by Crippen LogP contribution is 2.24. The van der Waals surface area contributed by atoms with Gasteiger partial charge in [-0.15, -0.1) is 0 Å². The molecule has 7 nitrogen and oxygen atoms in total. The number of benzene rings is 2. The Balaban J connectivity index is 1.67. The lowest BCUT2D eigenvalue weighted by Crippen LogP contribution is -2.39. The highest BCUT2D eigenvalue weighted by atomic mass is 35.5. The van der Waals surface area contributed by atoms with Crippen LogP contribution in [0.5, 0.6) is 0 Å².